The van der Waals surface area contributed by atoms with Crippen LogP contribution in [0.1, 0.15) is 25.7 Å². The summed E-state index contributed by atoms with van der Waals surface area (Å²) in [5, 5.41) is 14.3. The maximum Gasteiger partial charge on any atom is 0.234 e. The molecule has 1 aliphatic carbocycles. The van der Waals surface area contributed by atoms with E-state index in [1.165, 1.54) is 0 Å². The van der Waals surface area contributed by atoms with Crippen LogP contribution in [0.5, 0.6) is 0 Å². The molecule has 4 rings (SSSR count). The van der Waals surface area contributed by atoms with E-state index in [1.807, 2.05) is 6.07 Å². The summed E-state index contributed by atoms with van der Waals surface area (Å²) in [7, 11) is 0. The lowest BCUT2D eigenvalue weighted by Gasteiger charge is -2.32. The highest BCUT2D eigenvalue weighted by atomic mass is 32.2. The average molecular weight is 448 g/mol. The van der Waals surface area contributed by atoms with Gasteiger partial charge in [-0.1, -0.05) is 11.8 Å². The van der Waals surface area contributed by atoms with E-state index in [4.69, 9.17) is 0 Å². The summed E-state index contributed by atoms with van der Waals surface area (Å²) in [6, 6.07) is 6.82. The number of amides is 2. The van der Waals surface area contributed by atoms with Crippen LogP contribution in [0.3, 0.4) is 0 Å². The Morgan fingerprint density at radius 1 is 1.13 bits per heavy atom. The fourth-order valence-electron chi connectivity index (χ4n) is 3.42. The normalized spacial score (nSPS) is 18.5. The number of hydrogen-bond donors (Lipinski definition) is 2. The number of hydrogen-bond acceptors (Lipinski definition) is 6. The van der Waals surface area contributed by atoms with Crippen molar-refractivity contribution in [2.45, 2.75) is 36.8 Å². The van der Waals surface area contributed by atoms with Gasteiger partial charge in [-0.25, -0.2) is 8.78 Å². The highest BCUT2D eigenvalue weighted by Crippen LogP contribution is 2.25. The van der Waals surface area contributed by atoms with Gasteiger partial charge in [0.15, 0.2) is 5.82 Å². The number of rotatable bonds is 7. The van der Waals surface area contributed by atoms with E-state index in [0.29, 0.717) is 23.4 Å². The maximum absolute atomic E-state index is 13.6. The van der Waals surface area contributed by atoms with Crippen LogP contribution >= 0.6 is 11.8 Å². The Morgan fingerprint density at radius 3 is 2.71 bits per heavy atom. The third-order valence-electron chi connectivity index (χ3n) is 5.22. The highest BCUT2D eigenvalue weighted by molar-refractivity contribution is 7.99. The summed E-state index contributed by atoms with van der Waals surface area (Å²) in [6.45, 7) is 1.43. The van der Waals surface area contributed by atoms with Crippen LogP contribution in [0.25, 0.3) is 0 Å². The SMILES string of the molecule is O=C(CSc1ccc(N2CCCC(C(=O)NC3CC3)C2)nn1)Nc1cc(F)ccc1F. The molecule has 2 aromatic rings. The molecule has 2 N–H and O–H groups in total. The Labute approximate surface area is 183 Å². The standard InChI is InChI=1S/C21H23F2N5O2S/c22-14-3-6-16(23)17(10-14)25-19(29)12-31-20-8-7-18(26-27-20)28-9-1-2-13(11-28)21(30)24-15-4-5-15/h3,6-8,10,13,15H,1-2,4-5,9,11-12H2,(H,24,30)(H,25,29). The summed E-state index contributed by atoms with van der Waals surface area (Å²) >= 11 is 1.15. The first-order chi connectivity index (χ1) is 15.0. The van der Waals surface area contributed by atoms with Gasteiger partial charge in [-0.3, -0.25) is 9.59 Å². The molecule has 0 bridgehead atoms. The number of nitrogens with one attached hydrogen (secondary N) is 2. The summed E-state index contributed by atoms with van der Waals surface area (Å²) in [6.07, 6.45) is 3.93. The number of thioether (sulfide) groups is 1. The molecule has 164 valence electrons. The topological polar surface area (TPSA) is 87.2 Å². The molecular weight excluding hydrogens is 424 g/mol. The van der Waals surface area contributed by atoms with Crippen LogP contribution in [0, 0.1) is 17.6 Å². The zero-order valence-electron chi connectivity index (χ0n) is 16.8. The van der Waals surface area contributed by atoms with Gasteiger partial charge in [0.25, 0.3) is 0 Å². The lowest BCUT2D eigenvalue weighted by molar-refractivity contribution is -0.125. The fraction of sp³-hybridized carbons (Fsp3) is 0.429. The first-order valence-corrected chi connectivity index (χ1v) is 11.2. The van der Waals surface area contributed by atoms with Gasteiger partial charge in [0, 0.05) is 25.2 Å². The van der Waals surface area contributed by atoms with Crippen LogP contribution in [0.2, 0.25) is 0 Å². The molecule has 1 saturated carbocycles. The summed E-state index contributed by atoms with van der Waals surface area (Å²) in [4.78, 5) is 26.4. The Balaban J connectivity index is 1.28. The molecule has 2 fully saturated rings. The van der Waals surface area contributed by atoms with Crippen molar-refractivity contribution in [3.63, 3.8) is 0 Å². The van der Waals surface area contributed by atoms with Crippen molar-refractivity contribution >= 4 is 35.1 Å². The average Bonchev–Trinajstić information content (AvgIpc) is 3.59. The van der Waals surface area contributed by atoms with E-state index >= 15 is 0 Å². The van der Waals surface area contributed by atoms with E-state index in [0.717, 1.165) is 62.2 Å². The highest BCUT2D eigenvalue weighted by Gasteiger charge is 2.31. The van der Waals surface area contributed by atoms with E-state index in [9.17, 15) is 18.4 Å². The molecule has 2 heterocycles. The number of carbonyl (C=O) groups is 2. The third kappa shape index (κ3) is 5.90. The van der Waals surface area contributed by atoms with Gasteiger partial charge in [0.1, 0.15) is 16.7 Å². The van der Waals surface area contributed by atoms with E-state index in [1.54, 1.807) is 6.07 Å². The molecule has 1 saturated heterocycles. The molecule has 1 aliphatic heterocycles. The summed E-state index contributed by atoms with van der Waals surface area (Å²) in [5.74, 6) is -1.05. The second-order valence-electron chi connectivity index (χ2n) is 7.76. The number of halogens is 2. The molecular formula is C21H23F2N5O2S. The predicted octanol–water partition coefficient (Wildman–Crippen LogP) is 2.98. The molecule has 0 spiro atoms. The molecule has 1 aromatic carbocycles. The smallest absolute Gasteiger partial charge is 0.234 e. The number of aromatic nitrogens is 2. The number of carbonyl (C=O) groups excluding carboxylic acids is 2. The van der Waals surface area contributed by atoms with Crippen molar-refractivity contribution in [3.05, 3.63) is 42.0 Å². The first kappa shape index (κ1) is 21.5. The lowest BCUT2D eigenvalue weighted by Crippen LogP contribution is -2.44. The zero-order chi connectivity index (χ0) is 21.8. The second-order valence-corrected chi connectivity index (χ2v) is 8.75. The first-order valence-electron chi connectivity index (χ1n) is 10.2. The van der Waals surface area contributed by atoms with Crippen LogP contribution in [0.4, 0.5) is 20.3 Å². The monoisotopic (exact) mass is 447 g/mol. The minimum atomic E-state index is -0.699. The largest absolute Gasteiger partial charge is 0.354 e. The number of anilines is 2. The summed E-state index contributed by atoms with van der Waals surface area (Å²) < 4.78 is 26.8. The number of benzene rings is 1. The quantitative estimate of drug-likeness (QED) is 0.635. The van der Waals surface area contributed by atoms with Gasteiger partial charge in [-0.2, -0.15) is 0 Å². The molecule has 1 aromatic heterocycles. The van der Waals surface area contributed by atoms with Gasteiger partial charge in [0.05, 0.1) is 17.4 Å². The minimum absolute atomic E-state index is 0.0168. The van der Waals surface area contributed by atoms with Gasteiger partial charge in [-0.05, 0) is 49.9 Å². The summed E-state index contributed by atoms with van der Waals surface area (Å²) in [5.41, 5.74) is -0.197. The Kier molecular flexibility index (Phi) is 6.64. The van der Waals surface area contributed by atoms with E-state index < -0.39 is 17.5 Å². The third-order valence-corrected chi connectivity index (χ3v) is 6.14. The molecule has 1 unspecified atom stereocenters. The van der Waals surface area contributed by atoms with Crippen molar-refractivity contribution < 1.29 is 18.4 Å². The Morgan fingerprint density at radius 2 is 1.97 bits per heavy atom. The van der Waals surface area contributed by atoms with Gasteiger partial charge in [0.2, 0.25) is 11.8 Å². The molecule has 10 heteroatoms. The van der Waals surface area contributed by atoms with Crippen LogP contribution < -0.4 is 15.5 Å². The molecule has 1 atom stereocenters. The Bertz CT molecular complexity index is 955. The molecule has 31 heavy (non-hydrogen) atoms. The maximum atomic E-state index is 13.6. The molecule has 2 aliphatic rings. The van der Waals surface area contributed by atoms with Crippen molar-refractivity contribution in [2.75, 3.05) is 29.1 Å². The minimum Gasteiger partial charge on any atom is -0.354 e. The second kappa shape index (κ2) is 9.59. The van der Waals surface area contributed by atoms with Crippen molar-refractivity contribution in [1.29, 1.82) is 0 Å². The Hall–Kier alpha value is -2.75. The lowest BCUT2D eigenvalue weighted by atomic mass is 9.97. The fourth-order valence-corrected chi connectivity index (χ4v) is 4.04. The van der Waals surface area contributed by atoms with Gasteiger partial charge >= 0.3 is 0 Å². The van der Waals surface area contributed by atoms with Crippen molar-refractivity contribution in [1.82, 2.24) is 15.5 Å². The zero-order valence-corrected chi connectivity index (χ0v) is 17.6. The van der Waals surface area contributed by atoms with Gasteiger partial charge < -0.3 is 15.5 Å². The van der Waals surface area contributed by atoms with Crippen LogP contribution in [-0.4, -0.2) is 46.9 Å². The molecule has 0 radical (unpaired) electrons. The van der Waals surface area contributed by atoms with E-state index in [-0.39, 0.29) is 23.3 Å². The molecule has 2 amide bonds. The van der Waals surface area contributed by atoms with Crippen LogP contribution in [-0.2, 0) is 9.59 Å². The van der Waals surface area contributed by atoms with Crippen LogP contribution in [0.15, 0.2) is 35.4 Å². The van der Waals surface area contributed by atoms with Gasteiger partial charge in [-0.15, -0.1) is 10.2 Å². The molecule has 7 nitrogen and oxygen atoms in total. The predicted molar refractivity (Wildman–Crippen MR) is 114 cm³/mol. The van der Waals surface area contributed by atoms with Crippen molar-refractivity contribution in [3.8, 4) is 0 Å². The number of nitrogens with zero attached hydrogens (tertiary/aromatic N) is 3. The number of piperidine rings is 1. The van der Waals surface area contributed by atoms with E-state index in [2.05, 4.69) is 25.7 Å². The van der Waals surface area contributed by atoms with Crippen molar-refractivity contribution in [2.24, 2.45) is 5.92 Å².